The Morgan fingerprint density at radius 2 is 2.06 bits per heavy atom. The summed E-state index contributed by atoms with van der Waals surface area (Å²) in [6, 6.07) is 5.15. The summed E-state index contributed by atoms with van der Waals surface area (Å²) < 4.78 is 15.7. The van der Waals surface area contributed by atoms with Crippen molar-refractivity contribution in [3.63, 3.8) is 0 Å². The van der Waals surface area contributed by atoms with Crippen LogP contribution in [0.25, 0.3) is 22.6 Å². The molecule has 5 rings (SSSR count). The first kappa shape index (κ1) is 19.0. The Morgan fingerprint density at radius 3 is 2.84 bits per heavy atom. The number of rotatable bonds is 3. The second-order valence-electron chi connectivity index (χ2n) is 8.03. The van der Waals surface area contributed by atoms with Gasteiger partial charge in [0.15, 0.2) is 11.5 Å². The summed E-state index contributed by atoms with van der Waals surface area (Å²) in [6.07, 6.45) is 2.84. The van der Waals surface area contributed by atoms with Gasteiger partial charge >= 0.3 is 0 Å². The predicted octanol–water partition coefficient (Wildman–Crippen LogP) is 2.59. The number of anilines is 2. The maximum atomic E-state index is 14.1. The smallest absolute Gasteiger partial charge is 0.235 e. The second kappa shape index (κ2) is 6.53. The molecule has 31 heavy (non-hydrogen) atoms. The number of nitrogen functional groups attached to an aromatic ring is 1. The largest absolute Gasteiger partial charge is 0.383 e. The van der Waals surface area contributed by atoms with E-state index in [9.17, 15) is 9.18 Å². The van der Waals surface area contributed by atoms with Gasteiger partial charge in [-0.15, -0.1) is 0 Å². The number of nitrogens with one attached hydrogen (secondary N) is 1. The molecule has 1 aliphatic heterocycles. The zero-order valence-corrected chi connectivity index (χ0v) is 17.1. The molecule has 9 nitrogen and oxygen atoms in total. The van der Waals surface area contributed by atoms with Crippen LogP contribution in [0.4, 0.5) is 16.0 Å². The minimum atomic E-state index is -0.844. The number of hydrogen-bond donors (Lipinski definition) is 2. The Morgan fingerprint density at radius 1 is 1.26 bits per heavy atom. The topological polar surface area (TPSA) is 125 Å². The molecule has 156 valence electrons. The SMILES string of the molecule is Cc1cccnc1Cn1nc(-c2nc(N)c3c(n2)NC(=O)C3(C)C)c2cc(F)cnc21. The van der Waals surface area contributed by atoms with Gasteiger partial charge < -0.3 is 11.1 Å². The summed E-state index contributed by atoms with van der Waals surface area (Å²) >= 11 is 0. The van der Waals surface area contributed by atoms with E-state index in [2.05, 4.69) is 30.4 Å². The first-order chi connectivity index (χ1) is 14.8. The summed E-state index contributed by atoms with van der Waals surface area (Å²) in [5.41, 5.74) is 8.49. The first-order valence-electron chi connectivity index (χ1n) is 9.68. The number of carbonyl (C=O) groups excluding carboxylic acids is 1. The maximum absolute atomic E-state index is 14.1. The van der Waals surface area contributed by atoms with Crippen molar-refractivity contribution in [1.29, 1.82) is 0 Å². The van der Waals surface area contributed by atoms with Crippen LogP contribution in [-0.2, 0) is 16.8 Å². The van der Waals surface area contributed by atoms with Gasteiger partial charge in [-0.3, -0.25) is 9.78 Å². The van der Waals surface area contributed by atoms with Crippen molar-refractivity contribution in [3.8, 4) is 11.5 Å². The summed E-state index contributed by atoms with van der Waals surface area (Å²) in [5, 5.41) is 7.80. The fraction of sp³-hybridized carbons (Fsp3) is 0.238. The summed E-state index contributed by atoms with van der Waals surface area (Å²) in [7, 11) is 0. The number of aryl methyl sites for hydroxylation is 1. The van der Waals surface area contributed by atoms with Crippen molar-refractivity contribution in [3.05, 3.63) is 53.2 Å². The third-order valence-corrected chi connectivity index (χ3v) is 5.54. The number of nitrogens with two attached hydrogens (primary N) is 1. The quantitative estimate of drug-likeness (QED) is 0.524. The molecule has 0 saturated carbocycles. The highest BCUT2D eigenvalue weighted by Crippen LogP contribution is 2.40. The Bertz CT molecular complexity index is 1380. The van der Waals surface area contributed by atoms with Gasteiger partial charge in [-0.1, -0.05) is 6.07 Å². The molecule has 1 aliphatic rings. The number of nitrogens with zero attached hydrogens (tertiary/aromatic N) is 6. The van der Waals surface area contributed by atoms with E-state index in [1.54, 1.807) is 24.7 Å². The standard InChI is InChI=1S/C21H19FN8O/c1-10-5-4-6-24-13(10)9-30-19-12(7-11(22)8-25-19)15(29-30)18-26-16(23)14-17(27-18)28-20(31)21(14,2)3/h4-8H,9H2,1-3H3,(H3,23,26,27,28,31). The van der Waals surface area contributed by atoms with E-state index in [-0.39, 0.29) is 17.5 Å². The zero-order chi connectivity index (χ0) is 21.9. The van der Waals surface area contributed by atoms with Crippen molar-refractivity contribution in [1.82, 2.24) is 29.7 Å². The average molecular weight is 418 g/mol. The lowest BCUT2D eigenvalue weighted by Crippen LogP contribution is -2.27. The van der Waals surface area contributed by atoms with Gasteiger partial charge in [0.2, 0.25) is 5.91 Å². The third-order valence-electron chi connectivity index (χ3n) is 5.54. The van der Waals surface area contributed by atoms with Gasteiger partial charge in [0.05, 0.1) is 34.8 Å². The number of amides is 1. The molecule has 0 bridgehead atoms. The second-order valence-corrected chi connectivity index (χ2v) is 8.03. The van der Waals surface area contributed by atoms with E-state index in [4.69, 9.17) is 5.73 Å². The molecule has 0 spiro atoms. The molecule has 1 amide bonds. The molecule has 10 heteroatoms. The highest BCUT2D eigenvalue weighted by Gasteiger charge is 2.42. The van der Waals surface area contributed by atoms with Crippen molar-refractivity contribution < 1.29 is 9.18 Å². The van der Waals surface area contributed by atoms with Crippen LogP contribution in [0.5, 0.6) is 0 Å². The summed E-state index contributed by atoms with van der Waals surface area (Å²) in [4.78, 5) is 29.8. The van der Waals surface area contributed by atoms with E-state index in [1.807, 2.05) is 19.1 Å². The van der Waals surface area contributed by atoms with Crippen molar-refractivity contribution in [2.45, 2.75) is 32.7 Å². The summed E-state index contributed by atoms with van der Waals surface area (Å²) in [5.74, 6) is -0.0236. The Hall–Kier alpha value is -3.95. The predicted molar refractivity (Wildman–Crippen MR) is 113 cm³/mol. The van der Waals surface area contributed by atoms with E-state index >= 15 is 0 Å². The molecular weight excluding hydrogens is 399 g/mol. The Labute approximate surface area is 176 Å². The Kier molecular flexibility index (Phi) is 4.01. The highest BCUT2D eigenvalue weighted by atomic mass is 19.1. The highest BCUT2D eigenvalue weighted by molar-refractivity contribution is 6.06. The van der Waals surface area contributed by atoms with Crippen LogP contribution < -0.4 is 11.1 Å². The number of aromatic nitrogens is 6. The lowest BCUT2D eigenvalue weighted by Gasteiger charge is -2.15. The van der Waals surface area contributed by atoms with E-state index in [0.29, 0.717) is 34.7 Å². The molecule has 0 saturated heterocycles. The van der Waals surface area contributed by atoms with Gasteiger partial charge in [-0.2, -0.15) is 5.10 Å². The summed E-state index contributed by atoms with van der Waals surface area (Å²) in [6.45, 7) is 5.81. The number of hydrogen-bond acceptors (Lipinski definition) is 7. The molecule has 0 radical (unpaired) electrons. The molecule has 0 aromatic carbocycles. The fourth-order valence-electron chi connectivity index (χ4n) is 3.80. The lowest BCUT2D eigenvalue weighted by atomic mass is 9.87. The number of carbonyl (C=O) groups is 1. The minimum Gasteiger partial charge on any atom is -0.383 e. The molecule has 0 unspecified atom stereocenters. The molecule has 0 atom stereocenters. The lowest BCUT2D eigenvalue weighted by molar-refractivity contribution is -0.119. The van der Waals surface area contributed by atoms with Crippen LogP contribution in [-0.4, -0.2) is 35.6 Å². The normalized spacial score (nSPS) is 14.6. The molecule has 0 aliphatic carbocycles. The van der Waals surface area contributed by atoms with Crippen LogP contribution in [0.1, 0.15) is 30.7 Å². The number of fused-ring (bicyclic) bond motifs is 2. The van der Waals surface area contributed by atoms with Gasteiger partial charge in [0, 0.05) is 6.20 Å². The van der Waals surface area contributed by atoms with E-state index in [1.165, 1.54) is 6.07 Å². The van der Waals surface area contributed by atoms with Crippen molar-refractivity contribution in [2.24, 2.45) is 0 Å². The number of pyridine rings is 2. The van der Waals surface area contributed by atoms with Crippen LogP contribution in [0.3, 0.4) is 0 Å². The van der Waals surface area contributed by atoms with E-state index in [0.717, 1.165) is 17.5 Å². The monoisotopic (exact) mass is 418 g/mol. The van der Waals surface area contributed by atoms with E-state index < -0.39 is 11.2 Å². The fourth-order valence-corrected chi connectivity index (χ4v) is 3.80. The van der Waals surface area contributed by atoms with Crippen LogP contribution in [0, 0.1) is 12.7 Å². The van der Waals surface area contributed by atoms with Gasteiger partial charge in [0.1, 0.15) is 23.1 Å². The Balaban J connectivity index is 1.69. The molecule has 3 N–H and O–H groups in total. The van der Waals surface area contributed by atoms with Crippen LogP contribution in [0.15, 0.2) is 30.6 Å². The van der Waals surface area contributed by atoms with Crippen LogP contribution in [0.2, 0.25) is 0 Å². The molecular formula is C21H19FN8O. The molecule has 5 heterocycles. The van der Waals surface area contributed by atoms with Gasteiger partial charge in [0.25, 0.3) is 0 Å². The zero-order valence-electron chi connectivity index (χ0n) is 17.1. The molecule has 4 aromatic rings. The van der Waals surface area contributed by atoms with Gasteiger partial charge in [-0.25, -0.2) is 24.0 Å². The molecule has 4 aromatic heterocycles. The number of halogens is 1. The minimum absolute atomic E-state index is 0.177. The van der Waals surface area contributed by atoms with Crippen LogP contribution >= 0.6 is 0 Å². The van der Waals surface area contributed by atoms with Crippen molar-refractivity contribution >= 4 is 28.6 Å². The molecule has 0 fully saturated rings. The first-order valence-corrected chi connectivity index (χ1v) is 9.68. The van der Waals surface area contributed by atoms with Crippen molar-refractivity contribution in [2.75, 3.05) is 11.1 Å². The van der Waals surface area contributed by atoms with Gasteiger partial charge in [-0.05, 0) is 38.5 Å². The average Bonchev–Trinajstić information content (AvgIpc) is 3.17. The third kappa shape index (κ3) is 2.90. The maximum Gasteiger partial charge on any atom is 0.235 e.